The molecule has 7 N–H and O–H groups in total. The van der Waals surface area contributed by atoms with E-state index in [2.05, 4.69) is 9.47 Å². The quantitative estimate of drug-likeness (QED) is 0.0174. The van der Waals surface area contributed by atoms with Crippen molar-refractivity contribution in [3.05, 3.63) is 0 Å². The number of carboxylic acids is 2. The molecule has 0 saturated carbocycles. The van der Waals surface area contributed by atoms with Gasteiger partial charge < -0.3 is 41.2 Å². The number of hydrogen-bond acceptors (Lipinski definition) is 16. The van der Waals surface area contributed by atoms with Crippen molar-refractivity contribution >= 4 is 44.2 Å². The van der Waals surface area contributed by atoms with E-state index in [1.165, 1.54) is 0 Å². The van der Waals surface area contributed by atoms with Gasteiger partial charge in [0, 0.05) is 25.7 Å². The van der Waals surface area contributed by atoms with Gasteiger partial charge in [0.25, 0.3) is 0 Å². The predicted octanol–water partition coefficient (Wildman–Crippen LogP) is -2.46. The Morgan fingerprint density at radius 1 is 0.556 bits per heavy atom. The predicted molar refractivity (Wildman–Crippen MR) is 153 cm³/mol. The Balaban J connectivity index is -0.000000340. The molecule has 0 aromatic rings. The molecule has 0 aliphatic heterocycles. The van der Waals surface area contributed by atoms with Crippen LogP contribution in [0.3, 0.4) is 0 Å². The minimum atomic E-state index is -7.52. The van der Waals surface area contributed by atoms with E-state index in [1.54, 1.807) is 0 Å². The minimum absolute atomic E-state index is 0. The summed E-state index contributed by atoms with van der Waals surface area (Å²) >= 11 is 0. The number of aliphatic carboxylic acids is 2. The number of rotatable bonds is 26. The van der Waals surface area contributed by atoms with Crippen LogP contribution in [-0.4, -0.2) is 133 Å². The van der Waals surface area contributed by atoms with E-state index in [0.29, 0.717) is 0 Å². The molecule has 63 heavy (non-hydrogen) atoms. The van der Waals surface area contributed by atoms with E-state index >= 15 is 0 Å². The van der Waals surface area contributed by atoms with E-state index in [1.807, 2.05) is 9.47 Å². The Hall–Kier alpha value is -1.65. The maximum absolute atomic E-state index is 13.4. The Bertz CT molecular complexity index is 1600. The number of hydrogen-bond donors (Lipinski definition) is 4. The summed E-state index contributed by atoms with van der Waals surface area (Å²) in [5.41, 5.74) is 10.4. The van der Waals surface area contributed by atoms with Crippen LogP contribution in [0.15, 0.2) is 0 Å². The maximum Gasteiger partial charge on any atom is 1.00 e. The smallest absolute Gasteiger partial charge is 0.870 e. The van der Waals surface area contributed by atoms with Gasteiger partial charge in [0.05, 0.1) is 13.2 Å². The number of esters is 2. The number of carbonyl (C=O) groups is 4. The van der Waals surface area contributed by atoms with Gasteiger partial charge in [-0.3, -0.25) is 19.2 Å². The van der Waals surface area contributed by atoms with Crippen molar-refractivity contribution < 1.29 is 208 Å². The molecule has 0 aliphatic rings. The van der Waals surface area contributed by atoms with Crippen molar-refractivity contribution in [3.8, 4) is 0 Å². The first-order valence-electron chi connectivity index (χ1n) is 15.0. The molecule has 0 radical (unpaired) electrons. The van der Waals surface area contributed by atoms with Crippen LogP contribution in [-0.2, 0) is 58.5 Å². The molecule has 0 aromatic heterocycles. The van der Waals surface area contributed by atoms with Crippen LogP contribution in [0.25, 0.3) is 0 Å². The average molecular weight is 1030 g/mol. The van der Waals surface area contributed by atoms with Gasteiger partial charge in [-0.2, -0.15) is 78.7 Å². The van der Waals surface area contributed by atoms with E-state index < -0.39 is 168 Å². The van der Waals surface area contributed by atoms with Crippen LogP contribution in [0.5, 0.6) is 0 Å². The molecule has 0 aliphatic carbocycles. The van der Waals surface area contributed by atoms with Gasteiger partial charge in [-0.15, -0.1) is 0 Å². The minimum Gasteiger partial charge on any atom is -0.870 e. The standard InChI is InChI=1S/C12H14F9NO7S.C12H15F8NO8S.2Na.H2O/c13-9(14,4-1-5-28-8(25)6(22)2-3-7(23)24)10(15,16)29-11(17,18)12(19,20)30(21,26)27;13-9(14,4-1-5-28-8(24)6(21)2-3-7(22)23)10(15,16)29-11(17,18)12(19,20)30(25,26)27;;;/h6H,1-5,22H2,(H,23,24);6H,1-5,21H2,(H,22,23)(H,25,26,27);;;1H2/q;;2*+1;/p-2/t2*6-;;;/m00.../s1. The summed E-state index contributed by atoms with van der Waals surface area (Å²) in [5.74, 6) is -16.5. The zero-order valence-electron chi connectivity index (χ0n) is 31.3. The van der Waals surface area contributed by atoms with Crippen molar-refractivity contribution in [2.75, 3.05) is 13.2 Å². The van der Waals surface area contributed by atoms with Gasteiger partial charge in [0.2, 0.25) is 0 Å². The van der Waals surface area contributed by atoms with Crippen LogP contribution in [0.2, 0.25) is 0 Å². The largest absolute Gasteiger partial charge is 1.00 e. The fourth-order valence-corrected chi connectivity index (χ4v) is 3.77. The molecular formula is C24H29F17N2Na2O16S2. The Morgan fingerprint density at radius 2 is 0.825 bits per heavy atom. The zero-order valence-corrected chi connectivity index (χ0v) is 36.9. The van der Waals surface area contributed by atoms with Crippen LogP contribution >= 0.6 is 0 Å². The fourth-order valence-electron chi connectivity index (χ4n) is 3.11. The molecule has 39 heteroatoms. The second kappa shape index (κ2) is 26.0. The third kappa shape index (κ3) is 21.2. The molecule has 0 rings (SSSR count). The monoisotopic (exact) mass is 1030 g/mol. The molecular weight excluding hydrogens is 1010 g/mol. The molecule has 0 heterocycles. The van der Waals surface area contributed by atoms with Crippen molar-refractivity contribution in [2.24, 2.45) is 11.5 Å². The normalized spacial score (nSPS) is 14.3. The van der Waals surface area contributed by atoms with E-state index in [-0.39, 0.29) is 64.6 Å². The molecule has 18 nitrogen and oxygen atoms in total. The molecule has 0 fully saturated rings. The molecule has 0 saturated heterocycles. The third-order valence-electron chi connectivity index (χ3n) is 6.36. The average Bonchev–Trinajstić information content (AvgIpc) is 3.04. The molecule has 2 atom stereocenters. The fraction of sp³-hybridized carbons (Fsp3) is 0.833. The number of carboxylic acid groups (broad SMARTS) is 2. The maximum atomic E-state index is 13.4. The van der Waals surface area contributed by atoms with Crippen molar-refractivity contribution in [3.63, 3.8) is 0 Å². The molecule has 0 unspecified atom stereocenters. The molecule has 0 spiro atoms. The summed E-state index contributed by atoms with van der Waals surface area (Å²) in [4.78, 5) is 43.2. The van der Waals surface area contributed by atoms with Gasteiger partial charge in [-0.25, -0.2) is 17.9 Å². The molecule has 0 amide bonds. The van der Waals surface area contributed by atoms with Gasteiger partial charge >= 0.3 is 140 Å². The molecule has 0 aromatic carbocycles. The Kier molecular flexibility index (Phi) is 29.1. The van der Waals surface area contributed by atoms with Crippen LogP contribution in [0.4, 0.5) is 74.1 Å². The second-order valence-electron chi connectivity index (χ2n) is 11.2. The number of carbonyl (C=O) groups excluding carboxylic acids is 2. The second-order valence-corrected chi connectivity index (χ2v) is 14.0. The number of halogens is 17. The zero-order chi connectivity index (χ0) is 48.4. The van der Waals surface area contributed by atoms with Crippen molar-refractivity contribution in [1.29, 1.82) is 0 Å². The number of alkyl halides is 16. The van der Waals surface area contributed by atoms with Crippen LogP contribution < -0.4 is 70.6 Å². The van der Waals surface area contributed by atoms with Gasteiger partial charge in [0.1, 0.15) is 12.1 Å². The summed E-state index contributed by atoms with van der Waals surface area (Å²) in [6.07, 6.45) is -34.9. The molecule has 364 valence electrons. The summed E-state index contributed by atoms with van der Waals surface area (Å²) < 4.78 is 284. The SMILES string of the molecule is N[C@@H](CCC(=O)O)C(=O)OCCCC(F)(F)C(F)(F)OC(F)(F)C(F)(F)S(=O)(=O)F.N[C@@H](CCC(=O)O)C(=O)OCCCC(F)(F)C(F)(F)OC(F)(F)C(F)(F)S(=O)(=O)[O-].[Na+].[Na+].[OH-]. The summed E-state index contributed by atoms with van der Waals surface area (Å²) in [6, 6.07) is -3.00. The summed E-state index contributed by atoms with van der Waals surface area (Å²) in [6.45, 7) is -2.08. The first-order valence-corrected chi connectivity index (χ1v) is 17.8. The van der Waals surface area contributed by atoms with Crippen molar-refractivity contribution in [2.45, 2.75) is 110 Å². The third-order valence-corrected chi connectivity index (χ3v) is 8.08. The summed E-state index contributed by atoms with van der Waals surface area (Å²) in [7, 11) is -14.8. The van der Waals surface area contributed by atoms with E-state index in [4.69, 9.17) is 21.7 Å². The first-order chi connectivity index (χ1) is 26.4. The number of ether oxygens (including phenoxy) is 4. The number of nitrogens with two attached hydrogens (primary N) is 2. The van der Waals surface area contributed by atoms with Crippen LogP contribution in [0, 0.1) is 0 Å². The summed E-state index contributed by atoms with van der Waals surface area (Å²) in [5, 5.41) is 3.05. The van der Waals surface area contributed by atoms with E-state index in [0.717, 1.165) is 0 Å². The van der Waals surface area contributed by atoms with Crippen molar-refractivity contribution in [1.82, 2.24) is 0 Å². The van der Waals surface area contributed by atoms with Gasteiger partial charge in [-0.05, 0) is 25.7 Å². The van der Waals surface area contributed by atoms with Gasteiger partial charge in [-0.1, -0.05) is 3.89 Å². The van der Waals surface area contributed by atoms with Crippen LogP contribution in [0.1, 0.15) is 51.4 Å². The van der Waals surface area contributed by atoms with Gasteiger partial charge in [0.15, 0.2) is 10.1 Å². The Labute approximate surface area is 385 Å². The first kappa shape index (κ1) is 70.4. The molecule has 0 bridgehead atoms. The Morgan fingerprint density at radius 3 is 1.06 bits per heavy atom. The topological polar surface area (TPSA) is 319 Å². The van der Waals surface area contributed by atoms with E-state index in [9.17, 15) is 115 Å².